The van der Waals surface area contributed by atoms with Crippen LogP contribution < -0.4 is 0 Å². The molecule has 98 valence electrons. The fourth-order valence-electron chi connectivity index (χ4n) is 1.54. The highest BCUT2D eigenvalue weighted by Crippen LogP contribution is 2.19. The topological polar surface area (TPSA) is 18.5 Å². The van der Waals surface area contributed by atoms with Crippen LogP contribution >= 0.6 is 12.6 Å². The lowest BCUT2D eigenvalue weighted by molar-refractivity contribution is 0.167. The van der Waals surface area contributed by atoms with Gasteiger partial charge in [-0.25, -0.2) is 0 Å². The van der Waals surface area contributed by atoms with Gasteiger partial charge in [0.15, 0.2) is 0 Å². The van der Waals surface area contributed by atoms with E-state index in [0.29, 0.717) is 0 Å². The van der Waals surface area contributed by atoms with Gasteiger partial charge in [0.1, 0.15) is 0 Å². The summed E-state index contributed by atoms with van der Waals surface area (Å²) in [6, 6.07) is 1.07. The maximum atomic E-state index is 6.05. The molecule has 0 radical (unpaired) electrons. The average Bonchev–Trinajstić information content (AvgIpc) is 2.29. The van der Waals surface area contributed by atoms with E-state index in [1.807, 2.05) is 0 Å². The molecule has 0 bridgehead atoms. The lowest BCUT2D eigenvalue weighted by atomic mass is 10.4. The first-order valence-corrected chi connectivity index (χ1v) is 9.49. The van der Waals surface area contributed by atoms with Gasteiger partial charge >= 0.3 is 8.56 Å². The molecule has 0 fully saturated rings. The zero-order chi connectivity index (χ0) is 12.3. The number of thiol groups is 1. The van der Waals surface area contributed by atoms with Gasteiger partial charge in [-0.1, -0.05) is 40.0 Å². The van der Waals surface area contributed by atoms with Crippen molar-refractivity contribution in [1.82, 2.24) is 0 Å². The Hall–Kier alpha value is 0.487. The van der Waals surface area contributed by atoms with Crippen LogP contribution in [0, 0.1) is 0 Å². The number of hydrogen-bond donors (Lipinski definition) is 1. The van der Waals surface area contributed by atoms with Crippen molar-refractivity contribution in [2.45, 2.75) is 58.9 Å². The van der Waals surface area contributed by atoms with Crippen LogP contribution in [0.2, 0.25) is 6.04 Å². The van der Waals surface area contributed by atoms with Gasteiger partial charge < -0.3 is 8.85 Å². The summed E-state index contributed by atoms with van der Waals surface area (Å²) in [6.45, 7) is 8.25. The lowest BCUT2D eigenvalue weighted by Gasteiger charge is -2.29. The molecule has 0 spiro atoms. The Kier molecular flexibility index (Phi) is 11.0. The fraction of sp³-hybridized carbons (Fsp3) is 1.00. The van der Waals surface area contributed by atoms with Gasteiger partial charge in [-0.3, -0.25) is 0 Å². The summed E-state index contributed by atoms with van der Waals surface area (Å²) in [5.41, 5.74) is 0. The van der Waals surface area contributed by atoms with Crippen LogP contribution in [-0.4, -0.2) is 27.2 Å². The molecule has 0 aliphatic rings. The van der Waals surface area contributed by atoms with Crippen LogP contribution in [0.5, 0.6) is 0 Å². The molecule has 0 atom stereocenters. The molecule has 0 amide bonds. The van der Waals surface area contributed by atoms with Crippen molar-refractivity contribution in [3.05, 3.63) is 0 Å². The van der Waals surface area contributed by atoms with Crippen molar-refractivity contribution >= 4 is 21.2 Å². The minimum Gasteiger partial charge on any atom is -0.394 e. The first kappa shape index (κ1) is 16.5. The Labute approximate surface area is 108 Å². The molecule has 0 aromatic heterocycles. The first-order valence-electron chi connectivity index (χ1n) is 6.63. The number of unbranched alkanes of at least 4 members (excludes halogenated alkanes) is 2. The van der Waals surface area contributed by atoms with Crippen LogP contribution in [0.15, 0.2) is 0 Å². The summed E-state index contributed by atoms with van der Waals surface area (Å²) < 4.78 is 12.1. The standard InChI is InChI=1S/C12H28O2SSi/c1-4-7-9-13-16(12-15,11-6-3)14-10-8-5-2/h15H,4-12H2,1-3H3. The molecule has 0 heterocycles. The maximum absolute atomic E-state index is 6.05. The molecule has 16 heavy (non-hydrogen) atoms. The third kappa shape index (κ3) is 6.94. The second kappa shape index (κ2) is 10.6. The van der Waals surface area contributed by atoms with Crippen molar-refractivity contribution in [3.8, 4) is 0 Å². The van der Waals surface area contributed by atoms with E-state index in [4.69, 9.17) is 8.85 Å². The molecule has 0 N–H and O–H groups in total. The third-order valence-corrected chi connectivity index (χ3v) is 7.25. The predicted molar refractivity (Wildman–Crippen MR) is 76.4 cm³/mol. The highest BCUT2D eigenvalue weighted by Gasteiger charge is 2.34. The molecule has 0 saturated heterocycles. The van der Waals surface area contributed by atoms with E-state index >= 15 is 0 Å². The van der Waals surface area contributed by atoms with Crippen LogP contribution in [-0.2, 0) is 8.85 Å². The minimum atomic E-state index is -1.98. The van der Waals surface area contributed by atoms with Gasteiger partial charge in [-0.15, -0.1) is 0 Å². The summed E-state index contributed by atoms with van der Waals surface area (Å²) in [4.78, 5) is 0. The van der Waals surface area contributed by atoms with E-state index in [-0.39, 0.29) is 0 Å². The molecule has 0 rings (SSSR count). The Morgan fingerprint density at radius 2 is 1.38 bits per heavy atom. The van der Waals surface area contributed by atoms with Gasteiger partial charge in [0.25, 0.3) is 0 Å². The smallest absolute Gasteiger partial charge is 0.348 e. The van der Waals surface area contributed by atoms with Crippen LogP contribution in [0.1, 0.15) is 52.9 Å². The highest BCUT2D eigenvalue weighted by atomic mass is 32.1. The van der Waals surface area contributed by atoms with Gasteiger partial charge in [-0.05, 0) is 18.9 Å². The van der Waals surface area contributed by atoms with Crippen molar-refractivity contribution in [2.24, 2.45) is 0 Å². The molecule has 0 aromatic rings. The molecular weight excluding hydrogens is 236 g/mol. The van der Waals surface area contributed by atoms with Crippen molar-refractivity contribution in [3.63, 3.8) is 0 Å². The molecule has 0 aliphatic carbocycles. The summed E-state index contributed by atoms with van der Waals surface area (Å²) in [5, 5.41) is 0.786. The van der Waals surface area contributed by atoms with Crippen LogP contribution in [0.25, 0.3) is 0 Å². The minimum absolute atomic E-state index is 0.786. The van der Waals surface area contributed by atoms with Crippen molar-refractivity contribution < 1.29 is 8.85 Å². The Morgan fingerprint density at radius 1 is 0.875 bits per heavy atom. The number of rotatable bonds is 11. The summed E-state index contributed by atoms with van der Waals surface area (Å²) in [7, 11) is -1.98. The van der Waals surface area contributed by atoms with Crippen molar-refractivity contribution in [2.75, 3.05) is 18.6 Å². The molecule has 0 saturated carbocycles. The Balaban J connectivity index is 4.09. The molecule has 0 aliphatic heterocycles. The van der Waals surface area contributed by atoms with E-state index < -0.39 is 8.56 Å². The van der Waals surface area contributed by atoms with Gasteiger partial charge in [0, 0.05) is 18.6 Å². The quantitative estimate of drug-likeness (QED) is 0.346. The third-order valence-electron chi connectivity index (χ3n) is 2.60. The summed E-state index contributed by atoms with van der Waals surface area (Å²) >= 11 is 4.45. The first-order chi connectivity index (χ1) is 7.74. The fourth-order valence-corrected chi connectivity index (χ4v) is 5.07. The average molecular weight is 265 g/mol. The van der Waals surface area contributed by atoms with E-state index in [0.717, 1.165) is 43.9 Å². The Morgan fingerprint density at radius 3 is 1.69 bits per heavy atom. The second-order valence-corrected chi connectivity index (χ2v) is 8.39. The van der Waals surface area contributed by atoms with Gasteiger partial charge in [0.05, 0.1) is 0 Å². The maximum Gasteiger partial charge on any atom is 0.348 e. The SMILES string of the molecule is CCCCO[Si](CS)(CCC)OCCCC. The zero-order valence-electron chi connectivity index (χ0n) is 11.1. The molecule has 2 nitrogen and oxygen atoms in total. The predicted octanol–water partition coefficient (Wildman–Crippen LogP) is 3.94. The van der Waals surface area contributed by atoms with Crippen LogP contribution in [0.3, 0.4) is 0 Å². The molecule has 0 aromatic carbocycles. The highest BCUT2D eigenvalue weighted by molar-refractivity contribution is 7.82. The summed E-state index contributed by atoms with van der Waals surface area (Å²) in [6.07, 6.45) is 5.74. The Bertz CT molecular complexity index is 146. The summed E-state index contributed by atoms with van der Waals surface area (Å²) in [5.74, 6) is 0. The lowest BCUT2D eigenvalue weighted by Crippen LogP contribution is -2.45. The van der Waals surface area contributed by atoms with E-state index in [2.05, 4.69) is 33.4 Å². The largest absolute Gasteiger partial charge is 0.394 e. The van der Waals surface area contributed by atoms with Gasteiger partial charge in [-0.2, -0.15) is 12.6 Å². The van der Waals surface area contributed by atoms with E-state index in [1.165, 1.54) is 12.8 Å². The second-order valence-electron chi connectivity index (χ2n) is 4.22. The van der Waals surface area contributed by atoms with Crippen molar-refractivity contribution in [1.29, 1.82) is 0 Å². The normalized spacial score (nSPS) is 12.0. The van der Waals surface area contributed by atoms with Gasteiger partial charge in [0.2, 0.25) is 0 Å². The number of hydrogen-bond acceptors (Lipinski definition) is 3. The zero-order valence-corrected chi connectivity index (χ0v) is 13.0. The van der Waals surface area contributed by atoms with Crippen LogP contribution in [0.4, 0.5) is 0 Å². The molecule has 4 heteroatoms. The monoisotopic (exact) mass is 264 g/mol. The molecule has 0 unspecified atom stereocenters. The van der Waals surface area contributed by atoms with E-state index in [1.54, 1.807) is 0 Å². The van der Waals surface area contributed by atoms with E-state index in [9.17, 15) is 0 Å². The molecular formula is C12H28O2SSi.